The van der Waals surface area contributed by atoms with Crippen LogP contribution < -0.4 is 5.73 Å². The average molecular weight is 246 g/mol. The van der Waals surface area contributed by atoms with Gasteiger partial charge in [0.05, 0.1) is 0 Å². The maximum atomic E-state index is 6.33. The lowest BCUT2D eigenvalue weighted by atomic mass is 9.74. The number of fused-ring (bicyclic) bond motifs is 1. The third-order valence-electron chi connectivity index (χ3n) is 4.86. The third kappa shape index (κ3) is 2.23. The molecule has 18 heavy (non-hydrogen) atoms. The summed E-state index contributed by atoms with van der Waals surface area (Å²) in [6.07, 6.45) is 10.3. The van der Waals surface area contributed by atoms with Gasteiger partial charge < -0.3 is 10.3 Å². The number of nitrogens with two attached hydrogens (primary N) is 1. The average Bonchev–Trinajstić information content (AvgIpc) is 2.88. The molecule has 2 aliphatic rings. The first-order valence-electron chi connectivity index (χ1n) is 7.49. The standard InChI is InChI=1S/C16H26N2/c1-16(2)9-14(17)13-7-8-18(15(13)10-16)11-12-5-3-4-6-12/h7-8,12,14H,3-6,9-11,17H2,1-2H3. The molecule has 1 atom stereocenters. The van der Waals surface area contributed by atoms with Crippen LogP contribution in [-0.4, -0.2) is 4.57 Å². The molecular formula is C16H26N2. The second-order valence-corrected chi connectivity index (χ2v) is 7.17. The Balaban J connectivity index is 1.84. The molecule has 100 valence electrons. The van der Waals surface area contributed by atoms with Gasteiger partial charge in [-0.25, -0.2) is 0 Å². The fourth-order valence-corrected chi connectivity index (χ4v) is 3.94. The Labute approximate surface area is 111 Å². The smallest absolute Gasteiger partial charge is 0.0318 e. The van der Waals surface area contributed by atoms with Crippen LogP contribution in [0.3, 0.4) is 0 Å². The largest absolute Gasteiger partial charge is 0.351 e. The van der Waals surface area contributed by atoms with Crippen LogP contribution in [0.15, 0.2) is 12.3 Å². The Kier molecular flexibility index (Phi) is 3.01. The van der Waals surface area contributed by atoms with Crippen LogP contribution in [0.4, 0.5) is 0 Å². The van der Waals surface area contributed by atoms with Crippen LogP contribution in [0.5, 0.6) is 0 Å². The maximum absolute atomic E-state index is 6.33. The summed E-state index contributed by atoms with van der Waals surface area (Å²) in [6, 6.07) is 2.51. The SMILES string of the molecule is CC1(C)Cc2c(ccn2CC2CCCC2)C(N)C1. The van der Waals surface area contributed by atoms with E-state index in [1.807, 2.05) is 0 Å². The quantitative estimate of drug-likeness (QED) is 0.848. The van der Waals surface area contributed by atoms with Gasteiger partial charge in [-0.05, 0) is 48.6 Å². The highest BCUT2D eigenvalue weighted by Crippen LogP contribution is 2.40. The second-order valence-electron chi connectivity index (χ2n) is 7.17. The van der Waals surface area contributed by atoms with Crippen molar-refractivity contribution in [3.05, 3.63) is 23.5 Å². The first-order valence-corrected chi connectivity index (χ1v) is 7.49. The van der Waals surface area contributed by atoms with Gasteiger partial charge in [0.2, 0.25) is 0 Å². The van der Waals surface area contributed by atoms with E-state index in [0.29, 0.717) is 5.41 Å². The molecule has 2 aliphatic carbocycles. The molecule has 0 amide bonds. The molecule has 2 heteroatoms. The number of aromatic nitrogens is 1. The lowest BCUT2D eigenvalue weighted by Crippen LogP contribution is -2.30. The number of nitrogens with zero attached hydrogens (tertiary/aromatic N) is 1. The van der Waals surface area contributed by atoms with Crippen LogP contribution in [0.1, 0.15) is 63.3 Å². The summed E-state index contributed by atoms with van der Waals surface area (Å²) < 4.78 is 2.51. The molecule has 0 aliphatic heterocycles. The van der Waals surface area contributed by atoms with Gasteiger partial charge in [0, 0.05) is 24.5 Å². The van der Waals surface area contributed by atoms with Crippen molar-refractivity contribution in [2.75, 3.05) is 0 Å². The zero-order chi connectivity index (χ0) is 12.8. The number of rotatable bonds is 2. The van der Waals surface area contributed by atoms with Crippen molar-refractivity contribution >= 4 is 0 Å². The first kappa shape index (κ1) is 12.3. The van der Waals surface area contributed by atoms with Crippen LogP contribution in [0.2, 0.25) is 0 Å². The zero-order valence-electron chi connectivity index (χ0n) is 11.8. The molecule has 1 unspecified atom stereocenters. The molecule has 0 saturated heterocycles. The van der Waals surface area contributed by atoms with Crippen molar-refractivity contribution in [3.8, 4) is 0 Å². The highest BCUT2D eigenvalue weighted by atomic mass is 15.0. The minimum Gasteiger partial charge on any atom is -0.351 e. The molecule has 0 radical (unpaired) electrons. The Morgan fingerprint density at radius 2 is 2.06 bits per heavy atom. The maximum Gasteiger partial charge on any atom is 0.0318 e. The van der Waals surface area contributed by atoms with E-state index in [0.717, 1.165) is 12.3 Å². The summed E-state index contributed by atoms with van der Waals surface area (Å²) in [6.45, 7) is 5.92. The van der Waals surface area contributed by atoms with Crippen molar-refractivity contribution < 1.29 is 0 Å². The summed E-state index contributed by atoms with van der Waals surface area (Å²) in [7, 11) is 0. The van der Waals surface area contributed by atoms with Crippen molar-refractivity contribution in [2.24, 2.45) is 17.1 Å². The lowest BCUT2D eigenvalue weighted by Gasteiger charge is -2.34. The van der Waals surface area contributed by atoms with Crippen molar-refractivity contribution in [1.82, 2.24) is 4.57 Å². The van der Waals surface area contributed by atoms with E-state index < -0.39 is 0 Å². The Hall–Kier alpha value is -0.760. The molecule has 2 N–H and O–H groups in total. The molecule has 2 nitrogen and oxygen atoms in total. The predicted octanol–water partition coefficient (Wildman–Crippen LogP) is 3.65. The molecule has 1 heterocycles. The van der Waals surface area contributed by atoms with E-state index in [1.165, 1.54) is 49.9 Å². The van der Waals surface area contributed by atoms with Gasteiger partial charge in [0.15, 0.2) is 0 Å². The predicted molar refractivity (Wildman–Crippen MR) is 75.4 cm³/mol. The summed E-state index contributed by atoms with van der Waals surface area (Å²) in [4.78, 5) is 0. The highest BCUT2D eigenvalue weighted by Gasteiger charge is 2.32. The third-order valence-corrected chi connectivity index (χ3v) is 4.86. The Morgan fingerprint density at radius 1 is 1.33 bits per heavy atom. The summed E-state index contributed by atoms with van der Waals surface area (Å²) in [5.74, 6) is 0.905. The van der Waals surface area contributed by atoms with E-state index in [4.69, 9.17) is 5.73 Å². The van der Waals surface area contributed by atoms with Gasteiger partial charge in [0.1, 0.15) is 0 Å². The van der Waals surface area contributed by atoms with Gasteiger partial charge in [0.25, 0.3) is 0 Å². The molecule has 0 bridgehead atoms. The van der Waals surface area contributed by atoms with Gasteiger partial charge >= 0.3 is 0 Å². The fraction of sp³-hybridized carbons (Fsp3) is 0.750. The van der Waals surface area contributed by atoms with Crippen molar-refractivity contribution in [2.45, 2.75) is 65.0 Å². The molecule has 0 spiro atoms. The van der Waals surface area contributed by atoms with E-state index in [1.54, 1.807) is 0 Å². The number of hydrogen-bond acceptors (Lipinski definition) is 1. The van der Waals surface area contributed by atoms with Gasteiger partial charge in [-0.3, -0.25) is 0 Å². The first-order chi connectivity index (χ1) is 8.55. The van der Waals surface area contributed by atoms with Gasteiger partial charge in [-0.2, -0.15) is 0 Å². The molecule has 0 aromatic carbocycles. The van der Waals surface area contributed by atoms with Gasteiger partial charge in [-0.15, -0.1) is 0 Å². The molecule has 1 fully saturated rings. The fourth-order valence-electron chi connectivity index (χ4n) is 3.94. The monoisotopic (exact) mass is 246 g/mol. The number of hydrogen-bond donors (Lipinski definition) is 1. The van der Waals surface area contributed by atoms with Crippen LogP contribution in [-0.2, 0) is 13.0 Å². The summed E-state index contributed by atoms with van der Waals surface area (Å²) in [5.41, 5.74) is 9.62. The molecule has 1 aromatic heterocycles. The summed E-state index contributed by atoms with van der Waals surface area (Å²) >= 11 is 0. The minimum atomic E-state index is 0.244. The molecule has 3 rings (SSSR count). The molecule has 1 saturated carbocycles. The van der Waals surface area contributed by atoms with Crippen LogP contribution >= 0.6 is 0 Å². The highest BCUT2D eigenvalue weighted by molar-refractivity contribution is 5.30. The van der Waals surface area contributed by atoms with Crippen molar-refractivity contribution in [1.29, 1.82) is 0 Å². The molecular weight excluding hydrogens is 220 g/mol. The van der Waals surface area contributed by atoms with E-state index >= 15 is 0 Å². The topological polar surface area (TPSA) is 30.9 Å². The van der Waals surface area contributed by atoms with E-state index in [2.05, 4.69) is 30.7 Å². The van der Waals surface area contributed by atoms with Crippen molar-refractivity contribution in [3.63, 3.8) is 0 Å². The summed E-state index contributed by atoms with van der Waals surface area (Å²) in [5, 5.41) is 0. The molecule has 1 aromatic rings. The zero-order valence-corrected chi connectivity index (χ0v) is 11.8. The second kappa shape index (κ2) is 4.41. The van der Waals surface area contributed by atoms with E-state index in [9.17, 15) is 0 Å². The van der Waals surface area contributed by atoms with Crippen LogP contribution in [0, 0.1) is 11.3 Å². The van der Waals surface area contributed by atoms with E-state index in [-0.39, 0.29) is 6.04 Å². The Morgan fingerprint density at radius 3 is 2.78 bits per heavy atom. The normalized spacial score (nSPS) is 27.4. The van der Waals surface area contributed by atoms with Gasteiger partial charge in [-0.1, -0.05) is 26.7 Å². The Bertz CT molecular complexity index is 424. The minimum absolute atomic E-state index is 0.244. The lowest BCUT2D eigenvalue weighted by molar-refractivity contribution is 0.272. The van der Waals surface area contributed by atoms with Crippen LogP contribution in [0.25, 0.3) is 0 Å².